The summed E-state index contributed by atoms with van der Waals surface area (Å²) in [5, 5.41) is 11.8. The molecule has 6 heteroatoms. The zero-order valence-electron chi connectivity index (χ0n) is 13.3. The maximum absolute atomic E-state index is 8.76. The molecule has 21 heavy (non-hydrogen) atoms. The molecular formula is C15H26N4O2. The van der Waals surface area contributed by atoms with E-state index in [0.29, 0.717) is 11.3 Å². The second-order valence-corrected chi connectivity index (χ2v) is 5.41. The summed E-state index contributed by atoms with van der Waals surface area (Å²) in [6, 6.07) is 5.71. The van der Waals surface area contributed by atoms with Gasteiger partial charge < -0.3 is 25.5 Å². The Labute approximate surface area is 126 Å². The first-order chi connectivity index (χ1) is 9.97. The molecule has 0 unspecified atom stereocenters. The van der Waals surface area contributed by atoms with Crippen molar-refractivity contribution in [2.45, 2.75) is 13.0 Å². The van der Waals surface area contributed by atoms with Gasteiger partial charge in [0.15, 0.2) is 5.84 Å². The van der Waals surface area contributed by atoms with Gasteiger partial charge in [0.2, 0.25) is 0 Å². The topological polar surface area (TPSA) is 74.3 Å². The lowest BCUT2D eigenvalue weighted by molar-refractivity contribution is 0.294. The maximum atomic E-state index is 8.76. The van der Waals surface area contributed by atoms with Crippen LogP contribution in [0.4, 0.5) is 0 Å². The third-order valence-corrected chi connectivity index (χ3v) is 3.25. The van der Waals surface area contributed by atoms with Gasteiger partial charge in [-0.05, 0) is 58.3 Å². The highest BCUT2D eigenvalue weighted by Gasteiger charge is 2.10. The van der Waals surface area contributed by atoms with Crippen molar-refractivity contribution >= 4 is 5.84 Å². The van der Waals surface area contributed by atoms with Crippen molar-refractivity contribution in [3.8, 4) is 5.75 Å². The third-order valence-electron chi connectivity index (χ3n) is 3.25. The van der Waals surface area contributed by atoms with Gasteiger partial charge in [-0.3, -0.25) is 0 Å². The molecule has 0 amide bonds. The fourth-order valence-electron chi connectivity index (χ4n) is 2.15. The molecule has 1 rings (SSSR count). The lowest BCUT2D eigenvalue weighted by Gasteiger charge is -2.19. The van der Waals surface area contributed by atoms with E-state index in [1.807, 2.05) is 18.2 Å². The van der Waals surface area contributed by atoms with E-state index in [-0.39, 0.29) is 5.84 Å². The summed E-state index contributed by atoms with van der Waals surface area (Å²) < 4.78 is 5.31. The Morgan fingerprint density at radius 2 is 2.00 bits per heavy atom. The lowest BCUT2D eigenvalue weighted by Crippen LogP contribution is -2.23. The van der Waals surface area contributed by atoms with Crippen LogP contribution in [0.25, 0.3) is 0 Å². The molecular weight excluding hydrogens is 268 g/mol. The largest absolute Gasteiger partial charge is 0.496 e. The number of hydrogen-bond acceptors (Lipinski definition) is 5. The van der Waals surface area contributed by atoms with Crippen LogP contribution in [-0.4, -0.2) is 62.2 Å². The summed E-state index contributed by atoms with van der Waals surface area (Å²) >= 11 is 0. The average molecular weight is 294 g/mol. The minimum atomic E-state index is 0.0535. The molecule has 0 fully saturated rings. The van der Waals surface area contributed by atoms with Crippen LogP contribution < -0.4 is 10.5 Å². The quantitative estimate of drug-likeness (QED) is 0.326. The van der Waals surface area contributed by atoms with Crippen LogP contribution in [-0.2, 0) is 6.54 Å². The summed E-state index contributed by atoms with van der Waals surface area (Å²) in [6.45, 7) is 2.94. The number of benzene rings is 1. The Morgan fingerprint density at radius 1 is 1.29 bits per heavy atom. The molecule has 0 heterocycles. The maximum Gasteiger partial charge on any atom is 0.173 e. The standard InChI is InChI=1S/C15H26N4O2/c1-18(2)8-5-9-19(3)11-12-6-7-13(15(16)17-20)14(10-12)21-4/h6-7,10,20H,5,8-9,11H2,1-4H3,(H2,16,17). The molecule has 0 saturated carbocycles. The van der Waals surface area contributed by atoms with E-state index < -0.39 is 0 Å². The van der Waals surface area contributed by atoms with Gasteiger partial charge in [-0.15, -0.1) is 0 Å². The Morgan fingerprint density at radius 3 is 2.57 bits per heavy atom. The van der Waals surface area contributed by atoms with Gasteiger partial charge >= 0.3 is 0 Å². The highest BCUT2D eigenvalue weighted by atomic mass is 16.5. The first kappa shape index (κ1) is 17.3. The zero-order chi connectivity index (χ0) is 15.8. The predicted molar refractivity (Wildman–Crippen MR) is 85.0 cm³/mol. The molecule has 1 aromatic rings. The molecule has 0 radical (unpaired) electrons. The van der Waals surface area contributed by atoms with Crippen LogP contribution in [0.2, 0.25) is 0 Å². The van der Waals surface area contributed by atoms with Gasteiger partial charge in [0.1, 0.15) is 5.75 Å². The Bertz CT molecular complexity index is 475. The number of amidine groups is 1. The third kappa shape index (κ3) is 5.61. The van der Waals surface area contributed by atoms with E-state index in [9.17, 15) is 0 Å². The fourth-order valence-corrected chi connectivity index (χ4v) is 2.15. The number of rotatable bonds is 8. The highest BCUT2D eigenvalue weighted by Crippen LogP contribution is 2.20. The lowest BCUT2D eigenvalue weighted by atomic mass is 10.1. The predicted octanol–water partition coefficient (Wildman–Crippen LogP) is 1.17. The summed E-state index contributed by atoms with van der Waals surface area (Å²) in [7, 11) is 7.83. The SMILES string of the molecule is COc1cc(CN(C)CCCN(C)C)ccc1/C(N)=N/O. The van der Waals surface area contributed by atoms with Gasteiger partial charge in [0.05, 0.1) is 12.7 Å². The summed E-state index contributed by atoms with van der Waals surface area (Å²) in [4.78, 5) is 4.45. The molecule has 1 aromatic carbocycles. The van der Waals surface area contributed by atoms with Crippen molar-refractivity contribution in [1.29, 1.82) is 0 Å². The molecule has 0 spiro atoms. The summed E-state index contributed by atoms with van der Waals surface area (Å²) in [5.41, 5.74) is 7.35. The summed E-state index contributed by atoms with van der Waals surface area (Å²) in [5.74, 6) is 0.669. The second-order valence-electron chi connectivity index (χ2n) is 5.41. The minimum Gasteiger partial charge on any atom is -0.496 e. The Hall–Kier alpha value is -1.79. The molecule has 0 bridgehead atoms. The fraction of sp³-hybridized carbons (Fsp3) is 0.533. The number of nitrogens with zero attached hydrogens (tertiary/aromatic N) is 3. The van der Waals surface area contributed by atoms with Crippen molar-refractivity contribution in [1.82, 2.24) is 9.80 Å². The minimum absolute atomic E-state index is 0.0535. The van der Waals surface area contributed by atoms with Gasteiger partial charge in [-0.2, -0.15) is 0 Å². The molecule has 6 nitrogen and oxygen atoms in total. The van der Waals surface area contributed by atoms with Crippen LogP contribution in [0.1, 0.15) is 17.5 Å². The van der Waals surface area contributed by atoms with Gasteiger partial charge in [-0.25, -0.2) is 0 Å². The monoisotopic (exact) mass is 294 g/mol. The number of hydrogen-bond donors (Lipinski definition) is 2. The first-order valence-corrected chi connectivity index (χ1v) is 6.96. The van der Waals surface area contributed by atoms with Gasteiger partial charge in [0, 0.05) is 6.54 Å². The highest BCUT2D eigenvalue weighted by molar-refractivity contribution is 5.99. The number of methoxy groups -OCH3 is 1. The number of nitrogens with two attached hydrogens (primary N) is 1. The normalized spacial score (nSPS) is 12.2. The first-order valence-electron chi connectivity index (χ1n) is 6.96. The number of oxime groups is 1. The van der Waals surface area contributed by atoms with Crippen molar-refractivity contribution < 1.29 is 9.94 Å². The summed E-state index contributed by atoms with van der Waals surface area (Å²) in [6.07, 6.45) is 1.13. The number of ether oxygens (including phenoxy) is 1. The van der Waals surface area contributed by atoms with Gasteiger partial charge in [0.25, 0.3) is 0 Å². The van der Waals surface area contributed by atoms with E-state index >= 15 is 0 Å². The van der Waals surface area contributed by atoms with Crippen molar-refractivity contribution in [3.05, 3.63) is 29.3 Å². The Balaban J connectivity index is 2.68. The van der Waals surface area contributed by atoms with E-state index in [0.717, 1.165) is 31.6 Å². The smallest absolute Gasteiger partial charge is 0.173 e. The molecule has 0 atom stereocenters. The Kier molecular flexibility index (Phi) is 6.98. The second kappa shape index (κ2) is 8.49. The van der Waals surface area contributed by atoms with E-state index in [1.54, 1.807) is 7.11 Å². The molecule has 0 saturated heterocycles. The van der Waals surface area contributed by atoms with Gasteiger partial charge in [-0.1, -0.05) is 11.2 Å². The van der Waals surface area contributed by atoms with Crippen LogP contribution in [0, 0.1) is 0 Å². The zero-order valence-corrected chi connectivity index (χ0v) is 13.3. The van der Waals surface area contributed by atoms with Crippen molar-refractivity contribution in [2.75, 3.05) is 41.3 Å². The molecule has 0 aliphatic carbocycles. The van der Waals surface area contributed by atoms with Crippen LogP contribution in [0.3, 0.4) is 0 Å². The molecule has 0 aliphatic heterocycles. The van der Waals surface area contributed by atoms with Crippen LogP contribution >= 0.6 is 0 Å². The van der Waals surface area contributed by atoms with E-state index in [1.165, 1.54) is 0 Å². The van der Waals surface area contributed by atoms with E-state index in [4.69, 9.17) is 15.7 Å². The molecule has 0 aliphatic rings. The van der Waals surface area contributed by atoms with Crippen molar-refractivity contribution in [3.63, 3.8) is 0 Å². The molecule has 0 aromatic heterocycles. The molecule has 118 valence electrons. The molecule has 3 N–H and O–H groups in total. The average Bonchev–Trinajstić information content (AvgIpc) is 2.45. The van der Waals surface area contributed by atoms with Crippen molar-refractivity contribution in [2.24, 2.45) is 10.9 Å². The van der Waals surface area contributed by atoms with E-state index in [2.05, 4.69) is 36.1 Å². The van der Waals surface area contributed by atoms with Crippen LogP contribution in [0.15, 0.2) is 23.4 Å². The van der Waals surface area contributed by atoms with Crippen LogP contribution in [0.5, 0.6) is 5.75 Å².